The van der Waals surface area contributed by atoms with Gasteiger partial charge in [0.05, 0.1) is 0 Å². The number of ketones is 1. The molecule has 2 rings (SSSR count). The van der Waals surface area contributed by atoms with Crippen LogP contribution in [-0.2, 0) is 0 Å². The quantitative estimate of drug-likeness (QED) is 0.615. The minimum absolute atomic E-state index is 0. The van der Waals surface area contributed by atoms with E-state index in [1.165, 1.54) is 0 Å². The molecule has 0 amide bonds. The monoisotopic (exact) mass is 355 g/mol. The molecule has 0 saturated carbocycles. The Morgan fingerprint density at radius 3 is 2.24 bits per heavy atom. The van der Waals surface area contributed by atoms with Crippen LogP contribution in [0, 0.1) is 0 Å². The van der Waals surface area contributed by atoms with Crippen LogP contribution in [0.4, 0.5) is 0 Å². The molecule has 0 aliphatic rings. The van der Waals surface area contributed by atoms with E-state index >= 15 is 0 Å². The zero-order valence-electron chi connectivity index (χ0n) is 8.92. The number of pyridine rings is 1. The second-order valence-corrected chi connectivity index (χ2v) is 4.29. The SMILES string of the molecule is Br.O=C(c1ccncc1)C(Br)c1ccccc1. The number of Topliss-reactive ketones (excluding diaryl/α,β-unsaturated/α-hetero) is 1. The van der Waals surface area contributed by atoms with Crippen LogP contribution in [-0.4, -0.2) is 10.8 Å². The number of nitrogens with zero attached hydrogens (tertiary/aromatic N) is 1. The fourth-order valence-electron chi connectivity index (χ4n) is 1.44. The Kier molecular flexibility index (Phi) is 5.51. The lowest BCUT2D eigenvalue weighted by atomic mass is 10.0. The van der Waals surface area contributed by atoms with Gasteiger partial charge in [-0.25, -0.2) is 0 Å². The average Bonchev–Trinajstić information content (AvgIpc) is 2.39. The van der Waals surface area contributed by atoms with Crippen LogP contribution < -0.4 is 0 Å². The third-order valence-electron chi connectivity index (χ3n) is 2.29. The van der Waals surface area contributed by atoms with E-state index in [0.29, 0.717) is 5.56 Å². The first kappa shape index (κ1) is 14.1. The van der Waals surface area contributed by atoms with Crippen molar-refractivity contribution in [2.75, 3.05) is 0 Å². The molecule has 0 aliphatic heterocycles. The van der Waals surface area contributed by atoms with E-state index in [1.54, 1.807) is 24.5 Å². The van der Waals surface area contributed by atoms with E-state index in [4.69, 9.17) is 0 Å². The highest BCUT2D eigenvalue weighted by atomic mass is 79.9. The lowest BCUT2D eigenvalue weighted by molar-refractivity contribution is 0.0991. The molecule has 2 nitrogen and oxygen atoms in total. The molecule has 0 bridgehead atoms. The first-order valence-electron chi connectivity index (χ1n) is 4.92. The second-order valence-electron chi connectivity index (χ2n) is 3.37. The van der Waals surface area contributed by atoms with Gasteiger partial charge in [-0.15, -0.1) is 17.0 Å². The van der Waals surface area contributed by atoms with Gasteiger partial charge in [0.25, 0.3) is 0 Å². The van der Waals surface area contributed by atoms with Gasteiger partial charge in [0.15, 0.2) is 5.78 Å². The van der Waals surface area contributed by atoms with Crippen molar-refractivity contribution < 1.29 is 4.79 Å². The molecule has 1 heterocycles. The Bertz CT molecular complexity index is 473. The van der Waals surface area contributed by atoms with Gasteiger partial charge >= 0.3 is 0 Å². The summed E-state index contributed by atoms with van der Waals surface area (Å²) in [6.07, 6.45) is 3.25. The first-order valence-corrected chi connectivity index (χ1v) is 5.84. The molecule has 0 N–H and O–H groups in total. The Hall–Kier alpha value is -1.00. The Balaban J connectivity index is 0.00000144. The largest absolute Gasteiger partial charge is 0.293 e. The average molecular weight is 357 g/mol. The van der Waals surface area contributed by atoms with E-state index in [0.717, 1.165) is 5.56 Å². The highest BCUT2D eigenvalue weighted by molar-refractivity contribution is 9.09. The summed E-state index contributed by atoms with van der Waals surface area (Å²) in [5.74, 6) is 0.0496. The van der Waals surface area contributed by atoms with Crippen LogP contribution >= 0.6 is 32.9 Å². The predicted octanol–water partition coefficient (Wildman–Crippen LogP) is 3.98. The highest BCUT2D eigenvalue weighted by Gasteiger charge is 2.18. The summed E-state index contributed by atoms with van der Waals surface area (Å²) in [6.45, 7) is 0. The number of rotatable bonds is 3. The molecule has 0 radical (unpaired) electrons. The molecule has 88 valence electrons. The third-order valence-corrected chi connectivity index (χ3v) is 3.23. The number of hydrogen-bond acceptors (Lipinski definition) is 2. The minimum Gasteiger partial charge on any atom is -0.293 e. The predicted molar refractivity (Wildman–Crippen MR) is 77.0 cm³/mol. The number of aromatic nitrogens is 1. The van der Waals surface area contributed by atoms with Crippen LogP contribution in [0.1, 0.15) is 20.7 Å². The van der Waals surface area contributed by atoms with Crippen LogP contribution in [0.2, 0.25) is 0 Å². The molecule has 17 heavy (non-hydrogen) atoms. The number of alkyl halides is 1. The summed E-state index contributed by atoms with van der Waals surface area (Å²) in [6, 6.07) is 13.1. The number of carbonyl (C=O) groups excluding carboxylic acids is 1. The molecule has 1 atom stereocenters. The molecular weight excluding hydrogens is 346 g/mol. The molecule has 4 heteroatoms. The molecule has 0 saturated heterocycles. The van der Waals surface area contributed by atoms with Crippen LogP contribution in [0.5, 0.6) is 0 Å². The third kappa shape index (κ3) is 3.48. The van der Waals surface area contributed by atoms with Crippen molar-refractivity contribution in [2.24, 2.45) is 0 Å². The topological polar surface area (TPSA) is 30.0 Å². The molecule has 1 unspecified atom stereocenters. The number of carbonyl (C=O) groups is 1. The summed E-state index contributed by atoms with van der Waals surface area (Å²) < 4.78 is 0. The molecule has 0 fully saturated rings. The highest BCUT2D eigenvalue weighted by Crippen LogP contribution is 2.26. The number of benzene rings is 1. The molecule has 0 spiro atoms. The van der Waals surface area contributed by atoms with Gasteiger partial charge in [-0.1, -0.05) is 46.3 Å². The van der Waals surface area contributed by atoms with Crippen molar-refractivity contribution in [1.82, 2.24) is 4.98 Å². The van der Waals surface area contributed by atoms with Crippen molar-refractivity contribution in [2.45, 2.75) is 4.83 Å². The van der Waals surface area contributed by atoms with E-state index < -0.39 is 0 Å². The maximum Gasteiger partial charge on any atom is 0.181 e. The van der Waals surface area contributed by atoms with E-state index in [2.05, 4.69) is 20.9 Å². The van der Waals surface area contributed by atoms with Crippen molar-refractivity contribution in [3.05, 3.63) is 66.0 Å². The lowest BCUT2D eigenvalue weighted by Gasteiger charge is -2.08. The molecule has 1 aromatic heterocycles. The fourth-order valence-corrected chi connectivity index (χ4v) is 2.01. The second kappa shape index (κ2) is 6.67. The first-order chi connectivity index (χ1) is 7.79. The van der Waals surface area contributed by atoms with Crippen LogP contribution in [0.15, 0.2) is 54.9 Å². The summed E-state index contributed by atoms with van der Waals surface area (Å²) >= 11 is 3.42. The summed E-state index contributed by atoms with van der Waals surface area (Å²) in [5, 5.41) is 0. The number of halogens is 2. The summed E-state index contributed by atoms with van der Waals surface area (Å²) in [5.41, 5.74) is 1.63. The Morgan fingerprint density at radius 1 is 1.06 bits per heavy atom. The van der Waals surface area contributed by atoms with Crippen molar-refractivity contribution in [1.29, 1.82) is 0 Å². The lowest BCUT2D eigenvalue weighted by Crippen LogP contribution is -2.06. The summed E-state index contributed by atoms with van der Waals surface area (Å²) in [4.78, 5) is 15.7. The number of hydrogen-bond donors (Lipinski definition) is 0. The van der Waals surface area contributed by atoms with E-state index in [-0.39, 0.29) is 27.6 Å². The molecule has 1 aromatic carbocycles. The van der Waals surface area contributed by atoms with Gasteiger partial charge < -0.3 is 0 Å². The van der Waals surface area contributed by atoms with Gasteiger partial charge in [-0.3, -0.25) is 9.78 Å². The van der Waals surface area contributed by atoms with Gasteiger partial charge in [-0.05, 0) is 17.7 Å². The van der Waals surface area contributed by atoms with E-state index in [9.17, 15) is 4.79 Å². The zero-order chi connectivity index (χ0) is 11.4. The van der Waals surface area contributed by atoms with Gasteiger partial charge in [-0.2, -0.15) is 0 Å². The molecule has 2 aromatic rings. The van der Waals surface area contributed by atoms with Gasteiger partial charge in [0.1, 0.15) is 4.83 Å². The zero-order valence-corrected chi connectivity index (χ0v) is 12.2. The standard InChI is InChI=1S/C13H10BrNO.BrH/c14-12(10-4-2-1-3-5-10)13(16)11-6-8-15-9-7-11;/h1-9,12H;1H. The summed E-state index contributed by atoms with van der Waals surface area (Å²) in [7, 11) is 0. The molecule has 0 aliphatic carbocycles. The maximum atomic E-state index is 12.1. The van der Waals surface area contributed by atoms with Crippen LogP contribution in [0.3, 0.4) is 0 Å². The van der Waals surface area contributed by atoms with Gasteiger partial charge in [0, 0.05) is 18.0 Å². The minimum atomic E-state index is -0.295. The molecular formula is C13H11Br2NO. The Morgan fingerprint density at radius 2 is 1.65 bits per heavy atom. The van der Waals surface area contributed by atoms with Crippen LogP contribution in [0.25, 0.3) is 0 Å². The Labute approximate surface area is 119 Å². The maximum absolute atomic E-state index is 12.1. The van der Waals surface area contributed by atoms with Crippen molar-refractivity contribution >= 4 is 38.7 Å². The smallest absolute Gasteiger partial charge is 0.181 e. The normalized spacial score (nSPS) is 11.4. The van der Waals surface area contributed by atoms with E-state index in [1.807, 2.05) is 30.3 Å². The van der Waals surface area contributed by atoms with Crippen molar-refractivity contribution in [3.8, 4) is 0 Å². The fraction of sp³-hybridized carbons (Fsp3) is 0.0769. The van der Waals surface area contributed by atoms with Gasteiger partial charge in [0.2, 0.25) is 0 Å². The van der Waals surface area contributed by atoms with Crippen molar-refractivity contribution in [3.63, 3.8) is 0 Å².